The predicted octanol–water partition coefficient (Wildman–Crippen LogP) is 6.69. The Balaban J connectivity index is 1.70. The van der Waals surface area contributed by atoms with Crippen LogP contribution in [0.25, 0.3) is 5.69 Å². The molecule has 5 nitrogen and oxygen atoms in total. The quantitative estimate of drug-likeness (QED) is 0.299. The largest absolute Gasteiger partial charge is 0.378 e. The number of nitrogens with zero attached hydrogens (tertiary/aromatic N) is 4. The maximum absolute atomic E-state index is 6.37. The van der Waals surface area contributed by atoms with E-state index in [1.807, 2.05) is 50.6 Å². The Kier molecular flexibility index (Phi) is 6.49. The number of thiocarbonyl (C=S) groups is 1. The first-order chi connectivity index (χ1) is 17.3. The molecule has 184 valence electrons. The van der Waals surface area contributed by atoms with E-state index in [0.29, 0.717) is 5.11 Å². The van der Waals surface area contributed by atoms with Gasteiger partial charge in [-0.05, 0) is 93.1 Å². The summed E-state index contributed by atoms with van der Waals surface area (Å²) < 4.78 is 2.29. The Labute approximate surface area is 223 Å². The summed E-state index contributed by atoms with van der Waals surface area (Å²) in [5.41, 5.74) is 9.04. The fourth-order valence-corrected chi connectivity index (χ4v) is 5.81. The first kappa shape index (κ1) is 24.3. The molecule has 1 aliphatic rings. The molecule has 5 rings (SSSR count). The molecule has 0 amide bonds. The molecule has 0 bridgehead atoms. The van der Waals surface area contributed by atoms with E-state index in [-0.39, 0.29) is 12.1 Å². The molecule has 3 heterocycles. The van der Waals surface area contributed by atoms with Crippen LogP contribution in [0.3, 0.4) is 0 Å². The molecule has 1 aliphatic heterocycles. The fourth-order valence-electron chi connectivity index (χ4n) is 5.28. The molecule has 0 unspecified atom stereocenters. The van der Waals surface area contributed by atoms with Crippen LogP contribution in [0.4, 0.5) is 11.4 Å². The molecule has 2 atom stereocenters. The highest BCUT2D eigenvalue weighted by Crippen LogP contribution is 2.45. The van der Waals surface area contributed by atoms with Gasteiger partial charge in [-0.25, -0.2) is 0 Å². The van der Waals surface area contributed by atoms with Crippen molar-refractivity contribution in [2.45, 2.75) is 32.9 Å². The van der Waals surface area contributed by atoms with E-state index in [4.69, 9.17) is 28.8 Å². The average Bonchev–Trinajstić information content (AvgIpc) is 3.31. The third kappa shape index (κ3) is 4.14. The summed E-state index contributed by atoms with van der Waals surface area (Å²) in [7, 11) is 4.09. The van der Waals surface area contributed by atoms with Gasteiger partial charge in [-0.1, -0.05) is 23.7 Å². The van der Waals surface area contributed by atoms with Crippen LogP contribution in [0.2, 0.25) is 5.02 Å². The second kappa shape index (κ2) is 9.60. The van der Waals surface area contributed by atoms with Crippen LogP contribution in [-0.2, 0) is 0 Å². The summed E-state index contributed by atoms with van der Waals surface area (Å²) in [6, 6.07) is 22.4. The topological polar surface area (TPSA) is 36.3 Å². The summed E-state index contributed by atoms with van der Waals surface area (Å²) in [5, 5.41) is 5.00. The van der Waals surface area contributed by atoms with Gasteiger partial charge in [0, 0.05) is 59.3 Å². The summed E-state index contributed by atoms with van der Waals surface area (Å²) in [4.78, 5) is 9.05. The van der Waals surface area contributed by atoms with E-state index in [9.17, 15) is 0 Å². The highest BCUT2D eigenvalue weighted by atomic mass is 35.5. The summed E-state index contributed by atoms with van der Waals surface area (Å²) >= 11 is 12.3. The minimum absolute atomic E-state index is 0.0725. The van der Waals surface area contributed by atoms with E-state index in [2.05, 4.69) is 76.9 Å². The predicted molar refractivity (Wildman–Crippen MR) is 154 cm³/mol. The zero-order valence-corrected chi connectivity index (χ0v) is 22.7. The van der Waals surface area contributed by atoms with Crippen molar-refractivity contribution in [3.8, 4) is 5.69 Å². The Morgan fingerprint density at radius 3 is 2.31 bits per heavy atom. The van der Waals surface area contributed by atoms with Crippen LogP contribution in [-0.4, -0.2) is 28.8 Å². The minimum Gasteiger partial charge on any atom is -0.378 e. The Hall–Kier alpha value is -3.35. The summed E-state index contributed by atoms with van der Waals surface area (Å²) in [6.45, 7) is 6.54. The van der Waals surface area contributed by atoms with E-state index < -0.39 is 0 Å². The van der Waals surface area contributed by atoms with Crippen LogP contribution in [0.15, 0.2) is 72.9 Å². The molecule has 1 saturated heterocycles. The Morgan fingerprint density at radius 2 is 1.67 bits per heavy atom. The van der Waals surface area contributed by atoms with Crippen LogP contribution < -0.4 is 15.1 Å². The monoisotopic (exact) mass is 515 g/mol. The second-order valence-electron chi connectivity index (χ2n) is 9.43. The molecule has 4 aromatic rings. The van der Waals surface area contributed by atoms with Gasteiger partial charge in [0.25, 0.3) is 0 Å². The number of aromatic nitrogens is 2. The Bertz CT molecular complexity index is 1410. The van der Waals surface area contributed by atoms with E-state index in [1.165, 1.54) is 22.5 Å². The second-order valence-corrected chi connectivity index (χ2v) is 10.3. The molecule has 7 heteroatoms. The molecule has 1 fully saturated rings. The number of benzene rings is 2. The van der Waals surface area contributed by atoms with Gasteiger partial charge in [0.2, 0.25) is 0 Å². The lowest BCUT2D eigenvalue weighted by Crippen LogP contribution is -2.29. The number of anilines is 2. The van der Waals surface area contributed by atoms with Gasteiger partial charge in [0.15, 0.2) is 5.11 Å². The van der Waals surface area contributed by atoms with Crippen molar-refractivity contribution in [1.82, 2.24) is 14.9 Å². The van der Waals surface area contributed by atoms with Gasteiger partial charge >= 0.3 is 0 Å². The maximum Gasteiger partial charge on any atom is 0.174 e. The molecule has 2 aromatic heterocycles. The lowest BCUT2D eigenvalue weighted by molar-refractivity contribution is 0.563. The van der Waals surface area contributed by atoms with E-state index in [1.54, 1.807) is 0 Å². The average molecular weight is 516 g/mol. The standard InChI is InChI=1S/C29H30ClN5S/c1-18-19(2)34(24-10-8-9-21(30)17-24)20(3)26(18)28-27(25-11-6-7-16-31-25)32-29(36)35(28)23-14-12-22(13-15-23)33(4)5/h6-17,27-28H,1-5H3,(H,32,36)/t27-,28-/m0/s1. The zero-order chi connectivity index (χ0) is 25.6. The van der Waals surface area contributed by atoms with Gasteiger partial charge < -0.3 is 19.7 Å². The van der Waals surface area contributed by atoms with Crippen LogP contribution >= 0.6 is 23.8 Å². The minimum atomic E-state index is -0.0979. The number of hydrogen-bond acceptors (Lipinski definition) is 3. The zero-order valence-electron chi connectivity index (χ0n) is 21.2. The van der Waals surface area contributed by atoms with Crippen LogP contribution in [0, 0.1) is 20.8 Å². The molecular weight excluding hydrogens is 486 g/mol. The van der Waals surface area contributed by atoms with E-state index >= 15 is 0 Å². The van der Waals surface area contributed by atoms with Crippen molar-refractivity contribution in [3.05, 3.63) is 106 Å². The molecule has 2 aromatic carbocycles. The molecule has 0 saturated carbocycles. The highest BCUT2D eigenvalue weighted by molar-refractivity contribution is 7.80. The number of pyridine rings is 1. The van der Waals surface area contributed by atoms with E-state index in [0.717, 1.165) is 27.8 Å². The van der Waals surface area contributed by atoms with Crippen molar-refractivity contribution in [1.29, 1.82) is 0 Å². The van der Waals surface area contributed by atoms with Crippen molar-refractivity contribution >= 4 is 40.3 Å². The smallest absolute Gasteiger partial charge is 0.174 e. The number of nitrogens with one attached hydrogen (secondary N) is 1. The maximum atomic E-state index is 6.37. The van der Waals surface area contributed by atoms with Gasteiger partial charge in [-0.15, -0.1) is 0 Å². The van der Waals surface area contributed by atoms with Gasteiger partial charge in [-0.2, -0.15) is 0 Å². The number of rotatable bonds is 5. The molecule has 36 heavy (non-hydrogen) atoms. The summed E-state index contributed by atoms with van der Waals surface area (Å²) in [5.74, 6) is 0. The lowest BCUT2D eigenvalue weighted by Gasteiger charge is -2.29. The Morgan fingerprint density at radius 1 is 0.917 bits per heavy atom. The van der Waals surface area contributed by atoms with Gasteiger partial charge in [-0.3, -0.25) is 4.98 Å². The molecule has 0 spiro atoms. The van der Waals surface area contributed by atoms with Gasteiger partial charge in [0.1, 0.15) is 0 Å². The van der Waals surface area contributed by atoms with Crippen molar-refractivity contribution in [3.63, 3.8) is 0 Å². The normalized spacial score (nSPS) is 17.4. The third-order valence-electron chi connectivity index (χ3n) is 7.11. The third-order valence-corrected chi connectivity index (χ3v) is 7.66. The first-order valence-corrected chi connectivity index (χ1v) is 12.8. The van der Waals surface area contributed by atoms with Gasteiger partial charge in [0.05, 0.1) is 17.8 Å². The van der Waals surface area contributed by atoms with Crippen LogP contribution in [0.5, 0.6) is 0 Å². The summed E-state index contributed by atoms with van der Waals surface area (Å²) in [6.07, 6.45) is 1.84. The van der Waals surface area contributed by atoms with Crippen molar-refractivity contribution in [2.75, 3.05) is 23.9 Å². The molecule has 1 N–H and O–H groups in total. The number of hydrogen-bond donors (Lipinski definition) is 1. The van der Waals surface area contributed by atoms with Crippen molar-refractivity contribution < 1.29 is 0 Å². The first-order valence-electron chi connectivity index (χ1n) is 12.0. The molecular formula is C29H30ClN5S. The van der Waals surface area contributed by atoms with Crippen LogP contribution in [0.1, 0.15) is 40.3 Å². The SMILES string of the molecule is Cc1c([C@H]2[C@H](c3ccccn3)NC(=S)N2c2ccc(N(C)C)cc2)c(C)n(-c2cccc(Cl)c2)c1C. The van der Waals surface area contributed by atoms with Crippen molar-refractivity contribution in [2.24, 2.45) is 0 Å². The number of halogens is 1. The lowest BCUT2D eigenvalue weighted by atomic mass is 9.93. The molecule has 0 radical (unpaired) electrons. The molecule has 0 aliphatic carbocycles. The highest BCUT2D eigenvalue weighted by Gasteiger charge is 2.43. The fraction of sp³-hybridized carbons (Fsp3) is 0.241.